The van der Waals surface area contributed by atoms with Crippen LogP contribution in [0.2, 0.25) is 0 Å². The summed E-state index contributed by atoms with van der Waals surface area (Å²) in [6.45, 7) is 2.55. The van der Waals surface area contributed by atoms with Crippen molar-refractivity contribution in [2.45, 2.75) is 13.5 Å². The topological polar surface area (TPSA) is 71.8 Å². The number of benzene rings is 1. The number of pyridine rings is 1. The third-order valence-corrected chi connectivity index (χ3v) is 4.47. The van der Waals surface area contributed by atoms with Crippen LogP contribution in [-0.2, 0) is 13.6 Å². The van der Waals surface area contributed by atoms with Crippen LogP contribution in [0, 0.1) is 6.92 Å². The average molecular weight is 400 g/mol. The Kier molecular flexibility index (Phi) is 5.14. The lowest BCUT2D eigenvalue weighted by Gasteiger charge is -2.11. The summed E-state index contributed by atoms with van der Waals surface area (Å²) >= 11 is 3.38. The summed E-state index contributed by atoms with van der Waals surface area (Å²) in [6, 6.07) is 10.9. The predicted octanol–water partition coefficient (Wildman–Crippen LogP) is 3.75. The first-order chi connectivity index (χ1) is 12.0. The highest BCUT2D eigenvalue weighted by molar-refractivity contribution is 9.10. The van der Waals surface area contributed by atoms with E-state index in [0.29, 0.717) is 17.9 Å². The SMILES string of the molecule is Cc1c(CNc2ncccc2C(=O)Nc2ccc(Br)cc2)cnn1C. The van der Waals surface area contributed by atoms with Crippen LogP contribution in [0.3, 0.4) is 0 Å². The van der Waals surface area contributed by atoms with Crippen LogP contribution in [-0.4, -0.2) is 20.7 Å². The van der Waals surface area contributed by atoms with Crippen molar-refractivity contribution in [3.63, 3.8) is 0 Å². The van der Waals surface area contributed by atoms with Gasteiger partial charge in [-0.1, -0.05) is 15.9 Å². The molecule has 0 aliphatic rings. The first-order valence-corrected chi connectivity index (χ1v) is 8.57. The molecule has 0 saturated heterocycles. The summed E-state index contributed by atoms with van der Waals surface area (Å²) in [7, 11) is 1.90. The summed E-state index contributed by atoms with van der Waals surface area (Å²) in [5, 5.41) is 10.3. The average Bonchev–Trinajstić information content (AvgIpc) is 2.94. The number of nitrogens with zero attached hydrogens (tertiary/aromatic N) is 3. The predicted molar refractivity (Wildman–Crippen MR) is 102 cm³/mol. The Morgan fingerprint density at radius 3 is 2.68 bits per heavy atom. The number of hydrogen-bond donors (Lipinski definition) is 2. The van der Waals surface area contributed by atoms with E-state index in [1.165, 1.54) is 0 Å². The van der Waals surface area contributed by atoms with Gasteiger partial charge in [0.05, 0.1) is 11.8 Å². The minimum atomic E-state index is -0.208. The molecule has 0 bridgehead atoms. The van der Waals surface area contributed by atoms with Gasteiger partial charge in [-0.2, -0.15) is 5.10 Å². The summed E-state index contributed by atoms with van der Waals surface area (Å²) in [5.41, 5.74) is 3.36. The minimum Gasteiger partial charge on any atom is -0.365 e. The maximum Gasteiger partial charge on any atom is 0.259 e. The van der Waals surface area contributed by atoms with Gasteiger partial charge in [-0.05, 0) is 43.3 Å². The molecule has 3 aromatic rings. The quantitative estimate of drug-likeness (QED) is 0.685. The van der Waals surface area contributed by atoms with Crippen LogP contribution in [0.1, 0.15) is 21.6 Å². The first-order valence-electron chi connectivity index (χ1n) is 7.78. The highest BCUT2D eigenvalue weighted by Crippen LogP contribution is 2.18. The number of halogens is 1. The number of carbonyl (C=O) groups excluding carboxylic acids is 1. The molecule has 3 rings (SSSR count). The van der Waals surface area contributed by atoms with Crippen LogP contribution >= 0.6 is 15.9 Å². The summed E-state index contributed by atoms with van der Waals surface area (Å²) in [5.74, 6) is 0.334. The first kappa shape index (κ1) is 17.2. The number of carbonyl (C=O) groups is 1. The summed E-state index contributed by atoms with van der Waals surface area (Å²) in [4.78, 5) is 16.9. The van der Waals surface area contributed by atoms with E-state index >= 15 is 0 Å². The Bertz CT molecular complexity index is 889. The Morgan fingerprint density at radius 1 is 1.24 bits per heavy atom. The van der Waals surface area contributed by atoms with Gasteiger partial charge in [-0.25, -0.2) is 4.98 Å². The molecule has 0 aliphatic heterocycles. The third kappa shape index (κ3) is 4.06. The number of rotatable bonds is 5. The smallest absolute Gasteiger partial charge is 0.259 e. The maximum atomic E-state index is 12.6. The van der Waals surface area contributed by atoms with E-state index < -0.39 is 0 Å². The number of amides is 1. The molecule has 0 fully saturated rings. The molecule has 7 heteroatoms. The van der Waals surface area contributed by atoms with E-state index in [1.807, 2.05) is 49.1 Å². The number of anilines is 2. The monoisotopic (exact) mass is 399 g/mol. The Hall–Kier alpha value is -2.67. The summed E-state index contributed by atoms with van der Waals surface area (Å²) in [6.07, 6.45) is 3.47. The van der Waals surface area contributed by atoms with Gasteiger partial charge in [0.1, 0.15) is 5.82 Å². The molecule has 0 unspecified atom stereocenters. The number of aryl methyl sites for hydroxylation is 1. The Labute approximate surface area is 154 Å². The number of hydrogen-bond acceptors (Lipinski definition) is 4. The minimum absolute atomic E-state index is 0.208. The second kappa shape index (κ2) is 7.48. The van der Waals surface area contributed by atoms with Crippen molar-refractivity contribution in [2.24, 2.45) is 7.05 Å². The van der Waals surface area contributed by atoms with Crippen molar-refractivity contribution in [3.05, 3.63) is 70.1 Å². The molecule has 0 aliphatic carbocycles. The fourth-order valence-electron chi connectivity index (χ4n) is 2.36. The number of aromatic nitrogens is 3. The van der Waals surface area contributed by atoms with Crippen LogP contribution in [0.4, 0.5) is 11.5 Å². The van der Waals surface area contributed by atoms with Crippen molar-refractivity contribution in [3.8, 4) is 0 Å². The van der Waals surface area contributed by atoms with E-state index in [2.05, 4.69) is 36.6 Å². The molecule has 0 radical (unpaired) electrons. The molecular formula is C18H18BrN5O. The van der Waals surface area contributed by atoms with E-state index in [4.69, 9.17) is 0 Å². The standard InChI is InChI=1S/C18H18BrN5O/c1-12-13(11-22-24(12)2)10-21-17-16(4-3-9-20-17)18(25)23-15-7-5-14(19)6-8-15/h3-9,11H,10H2,1-2H3,(H,20,21)(H,23,25). The molecule has 2 aromatic heterocycles. The lowest BCUT2D eigenvalue weighted by molar-refractivity contribution is 0.102. The fourth-order valence-corrected chi connectivity index (χ4v) is 2.62. The highest BCUT2D eigenvalue weighted by atomic mass is 79.9. The molecule has 1 amide bonds. The fraction of sp³-hybridized carbons (Fsp3) is 0.167. The van der Waals surface area contributed by atoms with Gasteiger partial charge in [0.25, 0.3) is 5.91 Å². The van der Waals surface area contributed by atoms with Crippen LogP contribution in [0.25, 0.3) is 0 Å². The zero-order valence-electron chi connectivity index (χ0n) is 14.0. The zero-order chi connectivity index (χ0) is 17.8. The van der Waals surface area contributed by atoms with Crippen molar-refractivity contribution in [1.29, 1.82) is 0 Å². The molecule has 2 heterocycles. The van der Waals surface area contributed by atoms with Gasteiger partial charge in [0, 0.05) is 41.2 Å². The second-order valence-corrected chi connectivity index (χ2v) is 6.51. The zero-order valence-corrected chi connectivity index (χ0v) is 15.5. The highest BCUT2D eigenvalue weighted by Gasteiger charge is 2.13. The van der Waals surface area contributed by atoms with Crippen LogP contribution in [0.15, 0.2) is 53.3 Å². The van der Waals surface area contributed by atoms with Crippen LogP contribution in [0.5, 0.6) is 0 Å². The molecule has 25 heavy (non-hydrogen) atoms. The van der Waals surface area contributed by atoms with E-state index in [0.717, 1.165) is 21.4 Å². The molecule has 0 saturated carbocycles. The molecule has 0 atom stereocenters. The van der Waals surface area contributed by atoms with Crippen molar-refractivity contribution < 1.29 is 4.79 Å². The molecule has 6 nitrogen and oxygen atoms in total. The molecule has 128 valence electrons. The Morgan fingerprint density at radius 2 is 2.00 bits per heavy atom. The molecular weight excluding hydrogens is 382 g/mol. The molecule has 2 N–H and O–H groups in total. The van der Waals surface area contributed by atoms with Crippen molar-refractivity contribution in [1.82, 2.24) is 14.8 Å². The molecule has 0 spiro atoms. The lowest BCUT2D eigenvalue weighted by atomic mass is 10.2. The van der Waals surface area contributed by atoms with Crippen molar-refractivity contribution >= 4 is 33.3 Å². The van der Waals surface area contributed by atoms with Gasteiger partial charge < -0.3 is 10.6 Å². The van der Waals surface area contributed by atoms with Gasteiger partial charge >= 0.3 is 0 Å². The maximum absolute atomic E-state index is 12.6. The van der Waals surface area contributed by atoms with E-state index in [1.54, 1.807) is 18.3 Å². The van der Waals surface area contributed by atoms with Gasteiger partial charge in [-0.15, -0.1) is 0 Å². The van der Waals surface area contributed by atoms with E-state index in [9.17, 15) is 4.79 Å². The Balaban J connectivity index is 1.74. The molecule has 1 aromatic carbocycles. The second-order valence-electron chi connectivity index (χ2n) is 5.59. The van der Waals surface area contributed by atoms with Gasteiger partial charge in [0.15, 0.2) is 0 Å². The van der Waals surface area contributed by atoms with E-state index in [-0.39, 0.29) is 5.91 Å². The lowest BCUT2D eigenvalue weighted by Crippen LogP contribution is -2.15. The van der Waals surface area contributed by atoms with Gasteiger partial charge in [-0.3, -0.25) is 9.48 Å². The number of nitrogens with one attached hydrogen (secondary N) is 2. The van der Waals surface area contributed by atoms with Crippen molar-refractivity contribution in [2.75, 3.05) is 10.6 Å². The summed E-state index contributed by atoms with van der Waals surface area (Å²) < 4.78 is 2.78. The largest absolute Gasteiger partial charge is 0.365 e. The third-order valence-electron chi connectivity index (χ3n) is 3.94. The van der Waals surface area contributed by atoms with Crippen LogP contribution < -0.4 is 10.6 Å². The normalized spacial score (nSPS) is 10.5. The van der Waals surface area contributed by atoms with Gasteiger partial charge in [0.2, 0.25) is 0 Å².